The largest absolute Gasteiger partial charge is 0.489 e. The van der Waals surface area contributed by atoms with E-state index in [1.54, 1.807) is 0 Å². The lowest BCUT2D eigenvalue weighted by molar-refractivity contribution is 0.143. The molecule has 1 rings (SSSR count). The lowest BCUT2D eigenvalue weighted by Crippen LogP contribution is -2.30. The fourth-order valence-electron chi connectivity index (χ4n) is 1.83. The Balaban J connectivity index is 2.14. The van der Waals surface area contributed by atoms with Gasteiger partial charge in [-0.1, -0.05) is 19.1 Å². The van der Waals surface area contributed by atoms with E-state index < -0.39 is 0 Å². The van der Waals surface area contributed by atoms with Gasteiger partial charge >= 0.3 is 0 Å². The molecule has 0 saturated carbocycles. The van der Waals surface area contributed by atoms with Crippen LogP contribution in [0.5, 0.6) is 5.75 Å². The molecule has 0 aliphatic carbocycles. The van der Waals surface area contributed by atoms with Crippen LogP contribution in [0.4, 0.5) is 0 Å². The SMILES string of the molecule is CCOCCCNCC(C)Oc1ccc(CC)cc1. The summed E-state index contributed by atoms with van der Waals surface area (Å²) in [6, 6.07) is 8.34. The van der Waals surface area contributed by atoms with Crippen LogP contribution in [0.15, 0.2) is 24.3 Å². The van der Waals surface area contributed by atoms with Gasteiger partial charge in [0.05, 0.1) is 0 Å². The van der Waals surface area contributed by atoms with Crippen molar-refractivity contribution in [2.45, 2.75) is 39.7 Å². The molecule has 1 aromatic carbocycles. The Morgan fingerprint density at radius 2 is 1.89 bits per heavy atom. The molecular weight excluding hydrogens is 238 g/mol. The summed E-state index contributed by atoms with van der Waals surface area (Å²) in [5.74, 6) is 0.945. The number of ether oxygens (including phenoxy) is 2. The molecule has 0 saturated heterocycles. The number of aryl methyl sites for hydroxylation is 1. The fraction of sp³-hybridized carbons (Fsp3) is 0.625. The number of hydrogen-bond donors (Lipinski definition) is 1. The van der Waals surface area contributed by atoms with Gasteiger partial charge < -0.3 is 14.8 Å². The van der Waals surface area contributed by atoms with E-state index in [1.165, 1.54) is 5.56 Å². The van der Waals surface area contributed by atoms with E-state index in [0.717, 1.165) is 44.9 Å². The van der Waals surface area contributed by atoms with Crippen LogP contribution in [0.2, 0.25) is 0 Å². The molecule has 3 nitrogen and oxygen atoms in total. The van der Waals surface area contributed by atoms with Crippen molar-refractivity contribution in [3.05, 3.63) is 29.8 Å². The average Bonchev–Trinajstić information content (AvgIpc) is 2.43. The lowest BCUT2D eigenvalue weighted by atomic mass is 10.2. The summed E-state index contributed by atoms with van der Waals surface area (Å²) >= 11 is 0. The van der Waals surface area contributed by atoms with Crippen LogP contribution in [0.1, 0.15) is 32.8 Å². The Bertz CT molecular complexity index is 324. The predicted molar refractivity (Wildman–Crippen MR) is 79.9 cm³/mol. The molecule has 1 N–H and O–H groups in total. The van der Waals surface area contributed by atoms with Crippen molar-refractivity contribution >= 4 is 0 Å². The second-order valence-corrected chi connectivity index (χ2v) is 4.68. The van der Waals surface area contributed by atoms with Crippen LogP contribution in [-0.2, 0) is 11.2 Å². The lowest BCUT2D eigenvalue weighted by Gasteiger charge is -2.15. The highest BCUT2D eigenvalue weighted by Crippen LogP contribution is 2.13. The molecule has 19 heavy (non-hydrogen) atoms. The first-order valence-electron chi connectivity index (χ1n) is 7.30. The van der Waals surface area contributed by atoms with Crippen molar-refractivity contribution in [2.24, 2.45) is 0 Å². The molecular formula is C16H27NO2. The minimum Gasteiger partial charge on any atom is -0.489 e. The van der Waals surface area contributed by atoms with Crippen molar-refractivity contribution in [2.75, 3.05) is 26.3 Å². The van der Waals surface area contributed by atoms with Crippen LogP contribution in [0.25, 0.3) is 0 Å². The maximum absolute atomic E-state index is 5.85. The summed E-state index contributed by atoms with van der Waals surface area (Å²) < 4.78 is 11.1. The van der Waals surface area contributed by atoms with Crippen LogP contribution in [0, 0.1) is 0 Å². The molecule has 0 heterocycles. The highest BCUT2D eigenvalue weighted by molar-refractivity contribution is 5.27. The standard InChI is InChI=1S/C16H27NO2/c1-4-15-7-9-16(10-8-15)19-14(3)13-17-11-6-12-18-5-2/h7-10,14,17H,4-6,11-13H2,1-3H3. The third-order valence-corrected chi connectivity index (χ3v) is 2.95. The van der Waals surface area contributed by atoms with Crippen LogP contribution in [-0.4, -0.2) is 32.4 Å². The number of benzene rings is 1. The molecule has 108 valence electrons. The second kappa shape index (κ2) is 9.82. The first kappa shape index (κ1) is 16.0. The molecule has 3 heteroatoms. The highest BCUT2D eigenvalue weighted by atomic mass is 16.5. The fourth-order valence-corrected chi connectivity index (χ4v) is 1.83. The van der Waals surface area contributed by atoms with Gasteiger partial charge in [-0.3, -0.25) is 0 Å². The molecule has 1 unspecified atom stereocenters. The van der Waals surface area contributed by atoms with Crippen LogP contribution in [0.3, 0.4) is 0 Å². The number of nitrogens with one attached hydrogen (secondary N) is 1. The van der Waals surface area contributed by atoms with Gasteiger partial charge in [-0.05, 0) is 50.9 Å². The Hall–Kier alpha value is -1.06. The van der Waals surface area contributed by atoms with Crippen LogP contribution >= 0.6 is 0 Å². The maximum atomic E-state index is 5.85. The third kappa shape index (κ3) is 7.19. The smallest absolute Gasteiger partial charge is 0.119 e. The number of rotatable bonds is 10. The maximum Gasteiger partial charge on any atom is 0.119 e. The van der Waals surface area contributed by atoms with E-state index in [0.29, 0.717) is 0 Å². The zero-order chi connectivity index (χ0) is 13.9. The summed E-state index contributed by atoms with van der Waals surface area (Å²) in [6.07, 6.45) is 2.29. The molecule has 0 aromatic heterocycles. The molecule has 0 radical (unpaired) electrons. The molecule has 0 aliphatic heterocycles. The van der Waals surface area contributed by atoms with E-state index in [1.807, 2.05) is 19.1 Å². The molecule has 0 aliphatic rings. The average molecular weight is 265 g/mol. The van der Waals surface area contributed by atoms with Gasteiger partial charge in [-0.15, -0.1) is 0 Å². The van der Waals surface area contributed by atoms with E-state index in [9.17, 15) is 0 Å². The molecule has 0 fully saturated rings. The Morgan fingerprint density at radius 1 is 1.16 bits per heavy atom. The Morgan fingerprint density at radius 3 is 2.53 bits per heavy atom. The van der Waals surface area contributed by atoms with Gasteiger partial charge in [0, 0.05) is 19.8 Å². The predicted octanol–water partition coefficient (Wildman–Crippen LogP) is 3.03. The Kier molecular flexibility index (Phi) is 8.26. The summed E-state index contributed by atoms with van der Waals surface area (Å²) in [7, 11) is 0. The van der Waals surface area contributed by atoms with E-state index in [4.69, 9.17) is 9.47 Å². The molecule has 0 amide bonds. The van der Waals surface area contributed by atoms with Gasteiger partial charge in [-0.2, -0.15) is 0 Å². The molecule has 1 atom stereocenters. The molecule has 0 bridgehead atoms. The number of hydrogen-bond acceptors (Lipinski definition) is 3. The van der Waals surface area contributed by atoms with Crippen molar-refractivity contribution in [1.29, 1.82) is 0 Å². The summed E-state index contributed by atoms with van der Waals surface area (Å²) in [6.45, 7) is 9.73. The van der Waals surface area contributed by atoms with Gasteiger partial charge in [-0.25, -0.2) is 0 Å². The van der Waals surface area contributed by atoms with Crippen molar-refractivity contribution in [1.82, 2.24) is 5.32 Å². The zero-order valence-electron chi connectivity index (χ0n) is 12.4. The van der Waals surface area contributed by atoms with Crippen molar-refractivity contribution < 1.29 is 9.47 Å². The van der Waals surface area contributed by atoms with Crippen molar-refractivity contribution in [3.8, 4) is 5.75 Å². The van der Waals surface area contributed by atoms with Gasteiger partial charge in [0.2, 0.25) is 0 Å². The van der Waals surface area contributed by atoms with E-state index >= 15 is 0 Å². The first-order chi connectivity index (χ1) is 9.26. The third-order valence-electron chi connectivity index (χ3n) is 2.95. The summed E-state index contributed by atoms with van der Waals surface area (Å²) in [4.78, 5) is 0. The summed E-state index contributed by atoms with van der Waals surface area (Å²) in [5.41, 5.74) is 1.34. The normalized spacial score (nSPS) is 12.4. The first-order valence-corrected chi connectivity index (χ1v) is 7.30. The van der Waals surface area contributed by atoms with Gasteiger partial charge in [0.1, 0.15) is 11.9 Å². The van der Waals surface area contributed by atoms with Crippen LogP contribution < -0.4 is 10.1 Å². The monoisotopic (exact) mass is 265 g/mol. The zero-order valence-corrected chi connectivity index (χ0v) is 12.4. The van der Waals surface area contributed by atoms with E-state index in [-0.39, 0.29) is 6.10 Å². The minimum atomic E-state index is 0.180. The molecule has 1 aromatic rings. The van der Waals surface area contributed by atoms with E-state index in [2.05, 4.69) is 31.3 Å². The highest BCUT2D eigenvalue weighted by Gasteiger charge is 2.03. The van der Waals surface area contributed by atoms with Gasteiger partial charge in [0.25, 0.3) is 0 Å². The topological polar surface area (TPSA) is 30.5 Å². The summed E-state index contributed by atoms with van der Waals surface area (Å²) in [5, 5.41) is 3.38. The van der Waals surface area contributed by atoms with Gasteiger partial charge in [0.15, 0.2) is 0 Å². The molecule has 0 spiro atoms. The Labute approximate surface area is 117 Å². The minimum absolute atomic E-state index is 0.180. The van der Waals surface area contributed by atoms with Crippen molar-refractivity contribution in [3.63, 3.8) is 0 Å². The quantitative estimate of drug-likeness (QED) is 0.660. The second-order valence-electron chi connectivity index (χ2n) is 4.68.